The Morgan fingerprint density at radius 3 is 2.71 bits per heavy atom. The van der Waals surface area contributed by atoms with Crippen LogP contribution in [0.15, 0.2) is 0 Å². The van der Waals surface area contributed by atoms with Crippen LogP contribution in [0.4, 0.5) is 0 Å². The Balaban J connectivity index is 1.85. The molecule has 1 fully saturated rings. The van der Waals surface area contributed by atoms with E-state index in [1.807, 2.05) is 0 Å². The summed E-state index contributed by atoms with van der Waals surface area (Å²) >= 11 is 0. The summed E-state index contributed by atoms with van der Waals surface area (Å²) in [5.74, 6) is -0.850. The van der Waals surface area contributed by atoms with E-state index in [-0.39, 0.29) is 12.6 Å². The Morgan fingerprint density at radius 1 is 1.35 bits per heavy atom. The maximum Gasteiger partial charge on any atom is 0.317 e. The van der Waals surface area contributed by atoms with Crippen LogP contribution in [0, 0.1) is 0 Å². The number of nitrogens with zero attached hydrogens (tertiary/aromatic N) is 1. The smallest absolute Gasteiger partial charge is 0.317 e. The highest BCUT2D eigenvalue weighted by atomic mass is 16.5. The molecule has 0 saturated carbocycles. The van der Waals surface area contributed by atoms with Gasteiger partial charge in [-0.1, -0.05) is 0 Å². The molecule has 0 bridgehead atoms. The van der Waals surface area contributed by atoms with Crippen molar-refractivity contribution in [3.63, 3.8) is 0 Å². The number of carboxylic acids is 1. The van der Waals surface area contributed by atoms with Crippen LogP contribution in [0.1, 0.15) is 12.8 Å². The first kappa shape index (κ1) is 14.4. The number of hydrogen-bond acceptors (Lipinski definition) is 5. The van der Waals surface area contributed by atoms with Gasteiger partial charge in [-0.3, -0.25) is 4.79 Å². The molecular weight excluding hydrogens is 224 g/mol. The number of carbonyl (C=O) groups is 1. The van der Waals surface area contributed by atoms with E-state index in [0.717, 1.165) is 32.5 Å². The molecule has 6 heteroatoms. The Morgan fingerprint density at radius 2 is 2.06 bits per heavy atom. The summed E-state index contributed by atoms with van der Waals surface area (Å²) in [4.78, 5) is 12.5. The summed E-state index contributed by atoms with van der Waals surface area (Å²) in [7, 11) is 0. The van der Waals surface area contributed by atoms with E-state index >= 15 is 0 Å². The van der Waals surface area contributed by atoms with Crippen molar-refractivity contribution >= 4 is 5.97 Å². The van der Waals surface area contributed by atoms with Gasteiger partial charge in [-0.15, -0.1) is 0 Å². The molecule has 6 nitrogen and oxygen atoms in total. The van der Waals surface area contributed by atoms with Gasteiger partial charge in [0.2, 0.25) is 0 Å². The first-order valence-electron chi connectivity index (χ1n) is 6.09. The number of aliphatic hydroxyl groups excluding tert-OH is 1. The lowest BCUT2D eigenvalue weighted by atomic mass is 10.1. The number of rotatable bonds is 8. The van der Waals surface area contributed by atoms with E-state index in [0.29, 0.717) is 19.8 Å². The fourth-order valence-corrected chi connectivity index (χ4v) is 1.78. The van der Waals surface area contributed by atoms with Crippen LogP contribution < -0.4 is 5.32 Å². The Hall–Kier alpha value is -0.690. The van der Waals surface area contributed by atoms with Crippen molar-refractivity contribution in [2.45, 2.75) is 18.9 Å². The molecule has 17 heavy (non-hydrogen) atoms. The van der Waals surface area contributed by atoms with Gasteiger partial charge in [0.05, 0.1) is 25.9 Å². The third-order valence-electron chi connectivity index (χ3n) is 2.81. The molecule has 3 N–H and O–H groups in total. The van der Waals surface area contributed by atoms with E-state index in [2.05, 4.69) is 10.2 Å². The van der Waals surface area contributed by atoms with Gasteiger partial charge in [-0.25, -0.2) is 0 Å². The highest BCUT2D eigenvalue weighted by molar-refractivity contribution is 5.68. The number of carboxylic acid groups (broad SMARTS) is 1. The molecule has 1 heterocycles. The zero-order valence-electron chi connectivity index (χ0n) is 10.1. The topological polar surface area (TPSA) is 82.0 Å². The maximum atomic E-state index is 10.2. The largest absolute Gasteiger partial charge is 0.480 e. The van der Waals surface area contributed by atoms with Gasteiger partial charge in [0.15, 0.2) is 0 Å². The molecule has 1 rings (SSSR count). The van der Waals surface area contributed by atoms with Gasteiger partial charge in [0, 0.05) is 26.2 Å². The number of aliphatic hydroxyl groups is 1. The molecule has 0 unspecified atom stereocenters. The van der Waals surface area contributed by atoms with Crippen molar-refractivity contribution in [1.29, 1.82) is 0 Å². The Bertz CT molecular complexity index is 218. The van der Waals surface area contributed by atoms with Gasteiger partial charge in [-0.05, 0) is 12.8 Å². The van der Waals surface area contributed by atoms with E-state index in [4.69, 9.17) is 9.84 Å². The monoisotopic (exact) mass is 246 g/mol. The fourth-order valence-electron chi connectivity index (χ4n) is 1.78. The van der Waals surface area contributed by atoms with E-state index in [1.54, 1.807) is 0 Å². The second kappa shape index (κ2) is 8.41. The van der Waals surface area contributed by atoms with Gasteiger partial charge >= 0.3 is 5.97 Å². The molecule has 100 valence electrons. The van der Waals surface area contributed by atoms with Crippen molar-refractivity contribution in [3.05, 3.63) is 0 Å². The molecule has 0 spiro atoms. The summed E-state index contributed by atoms with van der Waals surface area (Å²) in [6.07, 6.45) is 1.56. The summed E-state index contributed by atoms with van der Waals surface area (Å²) in [6.45, 7) is 4.47. The van der Waals surface area contributed by atoms with Crippen LogP contribution in [-0.4, -0.2) is 73.1 Å². The minimum absolute atomic E-state index is 0.0205. The second-order valence-electron chi connectivity index (χ2n) is 4.26. The lowest BCUT2D eigenvalue weighted by Gasteiger charge is -2.29. The lowest BCUT2D eigenvalue weighted by molar-refractivity contribution is -0.136. The fraction of sp³-hybridized carbons (Fsp3) is 0.909. The van der Waals surface area contributed by atoms with Gasteiger partial charge in [-0.2, -0.15) is 0 Å². The van der Waals surface area contributed by atoms with Gasteiger partial charge in [0.1, 0.15) is 0 Å². The minimum atomic E-state index is -0.850. The third-order valence-corrected chi connectivity index (χ3v) is 2.81. The Kier molecular flexibility index (Phi) is 7.11. The molecule has 0 aromatic rings. The van der Waals surface area contributed by atoms with Crippen molar-refractivity contribution in [2.75, 3.05) is 45.9 Å². The molecule has 0 aromatic heterocycles. The predicted molar refractivity (Wildman–Crippen MR) is 63.0 cm³/mol. The SMILES string of the molecule is O=C(O)CNCCOCCN1CCC(O)CC1. The molecule has 1 aliphatic rings. The molecule has 0 aliphatic carbocycles. The molecule has 0 atom stereocenters. The van der Waals surface area contributed by atoms with Crippen LogP contribution in [0.3, 0.4) is 0 Å². The minimum Gasteiger partial charge on any atom is -0.480 e. The quantitative estimate of drug-likeness (QED) is 0.483. The van der Waals surface area contributed by atoms with E-state index in [1.165, 1.54) is 0 Å². The highest BCUT2D eigenvalue weighted by Crippen LogP contribution is 2.08. The molecule has 0 aromatic carbocycles. The summed E-state index contributed by atoms with van der Waals surface area (Å²) in [5, 5.41) is 20.5. The predicted octanol–water partition coefficient (Wildman–Crippen LogP) is -0.866. The summed E-state index contributed by atoms with van der Waals surface area (Å²) < 4.78 is 5.39. The number of hydrogen-bond donors (Lipinski definition) is 3. The summed E-state index contributed by atoms with van der Waals surface area (Å²) in [5.41, 5.74) is 0. The number of nitrogens with one attached hydrogen (secondary N) is 1. The van der Waals surface area contributed by atoms with Gasteiger partial charge < -0.3 is 25.2 Å². The van der Waals surface area contributed by atoms with Crippen molar-refractivity contribution in [1.82, 2.24) is 10.2 Å². The number of piperidine rings is 1. The molecular formula is C11H22N2O4. The first-order chi connectivity index (χ1) is 8.18. The van der Waals surface area contributed by atoms with E-state index in [9.17, 15) is 9.90 Å². The number of aliphatic carboxylic acids is 1. The first-order valence-corrected chi connectivity index (χ1v) is 6.09. The average molecular weight is 246 g/mol. The molecule has 0 radical (unpaired) electrons. The average Bonchev–Trinajstić information content (AvgIpc) is 2.30. The van der Waals surface area contributed by atoms with Crippen LogP contribution >= 0.6 is 0 Å². The highest BCUT2D eigenvalue weighted by Gasteiger charge is 2.15. The van der Waals surface area contributed by atoms with Crippen molar-refractivity contribution in [2.24, 2.45) is 0 Å². The zero-order valence-corrected chi connectivity index (χ0v) is 10.1. The lowest BCUT2D eigenvalue weighted by Crippen LogP contribution is -2.38. The maximum absolute atomic E-state index is 10.2. The number of likely N-dealkylation sites (tertiary alicyclic amines) is 1. The van der Waals surface area contributed by atoms with Crippen molar-refractivity contribution in [3.8, 4) is 0 Å². The molecule has 1 aliphatic heterocycles. The number of ether oxygens (including phenoxy) is 1. The summed E-state index contributed by atoms with van der Waals surface area (Å²) in [6, 6.07) is 0. The molecule has 0 amide bonds. The normalized spacial score (nSPS) is 18.4. The standard InChI is InChI=1S/C11H22N2O4/c14-10-1-4-13(5-2-10)6-8-17-7-3-12-9-11(15)16/h10,12,14H,1-9H2,(H,15,16). The second-order valence-corrected chi connectivity index (χ2v) is 4.26. The van der Waals surface area contributed by atoms with E-state index < -0.39 is 5.97 Å². The van der Waals surface area contributed by atoms with Crippen LogP contribution in [0.2, 0.25) is 0 Å². The van der Waals surface area contributed by atoms with Crippen LogP contribution in [0.25, 0.3) is 0 Å². The van der Waals surface area contributed by atoms with Crippen LogP contribution in [-0.2, 0) is 9.53 Å². The van der Waals surface area contributed by atoms with Crippen molar-refractivity contribution < 1.29 is 19.7 Å². The van der Waals surface area contributed by atoms with Crippen LogP contribution in [0.5, 0.6) is 0 Å². The molecule has 1 saturated heterocycles. The zero-order chi connectivity index (χ0) is 12.5. The van der Waals surface area contributed by atoms with Gasteiger partial charge in [0.25, 0.3) is 0 Å². The third kappa shape index (κ3) is 7.27. The Labute approximate surface area is 102 Å².